The average molecular weight is 392 g/mol. The third kappa shape index (κ3) is 7.50. The summed E-state index contributed by atoms with van der Waals surface area (Å²) in [6.45, 7) is 2.62. The number of thioether (sulfide) groups is 1. The van der Waals surface area contributed by atoms with E-state index in [2.05, 4.69) is 5.32 Å². The lowest BCUT2D eigenvalue weighted by Crippen LogP contribution is -2.25. The number of rotatable bonds is 10. The summed E-state index contributed by atoms with van der Waals surface area (Å²) in [6, 6.07) is 14.7. The zero-order valence-corrected chi connectivity index (χ0v) is 16.2. The van der Waals surface area contributed by atoms with Crippen LogP contribution in [0.5, 0.6) is 5.75 Å². The van der Waals surface area contributed by atoms with Gasteiger partial charge in [0.25, 0.3) is 0 Å². The van der Waals surface area contributed by atoms with Crippen LogP contribution in [0, 0.1) is 0 Å². The third-order valence-electron chi connectivity index (χ3n) is 3.58. The highest BCUT2D eigenvalue weighted by Gasteiger charge is 2.03. The van der Waals surface area contributed by atoms with E-state index in [-0.39, 0.29) is 11.7 Å². The minimum absolute atomic E-state index is 0.0252. The Morgan fingerprint density at radius 2 is 1.77 bits per heavy atom. The van der Waals surface area contributed by atoms with Gasteiger partial charge in [-0.25, -0.2) is 0 Å². The molecule has 2 rings (SSSR count). The Labute approximate surface area is 163 Å². The van der Waals surface area contributed by atoms with Crippen molar-refractivity contribution in [3.8, 4) is 5.75 Å². The maximum absolute atomic E-state index is 11.8. The predicted octanol–water partition coefficient (Wildman–Crippen LogP) is 4.61. The molecule has 0 fully saturated rings. The Kier molecular flexibility index (Phi) is 8.51. The van der Waals surface area contributed by atoms with Crippen LogP contribution in [0.15, 0.2) is 53.4 Å². The van der Waals surface area contributed by atoms with E-state index in [1.54, 1.807) is 36.0 Å². The molecule has 0 heterocycles. The van der Waals surface area contributed by atoms with Crippen LogP contribution in [0.2, 0.25) is 5.02 Å². The molecule has 0 unspecified atom stereocenters. The second-order valence-corrected chi connectivity index (χ2v) is 7.29. The van der Waals surface area contributed by atoms with Crippen LogP contribution in [-0.4, -0.2) is 30.6 Å². The number of amides is 1. The first-order valence-electron chi connectivity index (χ1n) is 8.43. The second-order valence-electron chi connectivity index (χ2n) is 5.68. The molecule has 0 atom stereocenters. The summed E-state index contributed by atoms with van der Waals surface area (Å²) >= 11 is 7.52. The molecule has 2 aromatic carbocycles. The number of halogens is 1. The highest BCUT2D eigenvalue weighted by molar-refractivity contribution is 7.99. The molecule has 0 aliphatic heterocycles. The summed E-state index contributed by atoms with van der Waals surface area (Å²) in [5, 5.41) is 3.63. The van der Waals surface area contributed by atoms with Gasteiger partial charge in [-0.3, -0.25) is 9.59 Å². The van der Waals surface area contributed by atoms with Gasteiger partial charge < -0.3 is 10.1 Å². The molecule has 0 saturated heterocycles. The van der Waals surface area contributed by atoms with Crippen molar-refractivity contribution in [2.24, 2.45) is 0 Å². The Hall–Kier alpha value is -1.98. The Morgan fingerprint density at radius 1 is 1.08 bits per heavy atom. The third-order valence-corrected chi connectivity index (χ3v) is 4.85. The number of hydrogen-bond acceptors (Lipinski definition) is 4. The first-order valence-corrected chi connectivity index (χ1v) is 9.80. The number of ether oxygens (including phenoxy) is 1. The molecule has 0 bridgehead atoms. The molecule has 26 heavy (non-hydrogen) atoms. The van der Waals surface area contributed by atoms with Gasteiger partial charge >= 0.3 is 0 Å². The molecule has 6 heteroatoms. The molecule has 0 aromatic heterocycles. The van der Waals surface area contributed by atoms with Crippen molar-refractivity contribution in [3.05, 3.63) is 59.1 Å². The van der Waals surface area contributed by atoms with Gasteiger partial charge in [0.1, 0.15) is 5.75 Å². The lowest BCUT2D eigenvalue weighted by atomic mass is 10.1. The number of nitrogens with one attached hydrogen (secondary N) is 1. The monoisotopic (exact) mass is 391 g/mol. The van der Waals surface area contributed by atoms with Crippen LogP contribution in [0.1, 0.15) is 30.1 Å². The number of benzene rings is 2. The number of hydrogen-bond donors (Lipinski definition) is 1. The summed E-state index contributed by atoms with van der Waals surface area (Å²) < 4.78 is 5.58. The molecule has 1 N–H and O–H groups in total. The molecule has 2 aromatic rings. The predicted molar refractivity (Wildman–Crippen MR) is 106 cm³/mol. The summed E-state index contributed by atoms with van der Waals surface area (Å²) in [4.78, 5) is 24.1. The van der Waals surface area contributed by atoms with E-state index in [1.165, 1.54) is 6.92 Å². The van der Waals surface area contributed by atoms with E-state index in [1.807, 2.05) is 24.3 Å². The number of ketones is 1. The fourth-order valence-corrected chi connectivity index (χ4v) is 3.08. The standard InChI is InChI=1S/C20H22ClNO3S/c1-15(23)16-4-8-18(9-5-16)25-13-2-3-20(24)22-12-14-26-19-10-6-17(21)7-11-19/h4-11H,2-3,12-14H2,1H3,(H,22,24). The molecule has 0 aliphatic rings. The summed E-state index contributed by atoms with van der Waals surface area (Å²) in [6.07, 6.45) is 1.07. The van der Waals surface area contributed by atoms with E-state index in [9.17, 15) is 9.59 Å². The largest absolute Gasteiger partial charge is 0.494 e. The lowest BCUT2D eigenvalue weighted by molar-refractivity contribution is -0.121. The molecule has 0 saturated carbocycles. The fourth-order valence-electron chi connectivity index (χ4n) is 2.19. The zero-order chi connectivity index (χ0) is 18.8. The maximum Gasteiger partial charge on any atom is 0.220 e. The van der Waals surface area contributed by atoms with Gasteiger partial charge in [0.2, 0.25) is 5.91 Å². The lowest BCUT2D eigenvalue weighted by Gasteiger charge is -2.07. The first kappa shape index (κ1) is 20.3. The molecule has 138 valence electrons. The average Bonchev–Trinajstić information content (AvgIpc) is 2.64. The number of Topliss-reactive ketones (excluding diaryl/α,β-unsaturated/α-hetero) is 1. The van der Waals surface area contributed by atoms with Crippen molar-refractivity contribution in [2.75, 3.05) is 18.9 Å². The van der Waals surface area contributed by atoms with Gasteiger partial charge in [-0.05, 0) is 61.9 Å². The van der Waals surface area contributed by atoms with Crippen molar-refractivity contribution >= 4 is 35.1 Å². The maximum atomic E-state index is 11.8. The second kappa shape index (κ2) is 10.9. The topological polar surface area (TPSA) is 55.4 Å². The van der Waals surface area contributed by atoms with Gasteiger partial charge in [-0.1, -0.05) is 11.6 Å². The Morgan fingerprint density at radius 3 is 2.42 bits per heavy atom. The normalized spacial score (nSPS) is 10.4. The zero-order valence-electron chi connectivity index (χ0n) is 14.7. The van der Waals surface area contributed by atoms with Crippen molar-refractivity contribution in [1.29, 1.82) is 0 Å². The Bertz CT molecular complexity index is 717. The van der Waals surface area contributed by atoms with E-state index >= 15 is 0 Å². The highest BCUT2D eigenvalue weighted by Crippen LogP contribution is 2.19. The van der Waals surface area contributed by atoms with Gasteiger partial charge in [-0.15, -0.1) is 11.8 Å². The van der Waals surface area contributed by atoms with Crippen LogP contribution in [0.25, 0.3) is 0 Å². The van der Waals surface area contributed by atoms with E-state index < -0.39 is 0 Å². The molecule has 0 spiro atoms. The smallest absolute Gasteiger partial charge is 0.220 e. The molecular weight excluding hydrogens is 370 g/mol. The minimum Gasteiger partial charge on any atom is -0.494 e. The number of carbonyl (C=O) groups is 2. The first-order chi connectivity index (χ1) is 12.5. The van der Waals surface area contributed by atoms with Crippen LogP contribution >= 0.6 is 23.4 Å². The Balaban J connectivity index is 1.54. The van der Waals surface area contributed by atoms with Gasteiger partial charge in [-0.2, -0.15) is 0 Å². The van der Waals surface area contributed by atoms with Crippen LogP contribution in [0.4, 0.5) is 0 Å². The van der Waals surface area contributed by atoms with Crippen molar-refractivity contribution in [3.63, 3.8) is 0 Å². The van der Waals surface area contributed by atoms with Crippen molar-refractivity contribution < 1.29 is 14.3 Å². The van der Waals surface area contributed by atoms with E-state index in [0.29, 0.717) is 37.3 Å². The van der Waals surface area contributed by atoms with Gasteiger partial charge in [0.15, 0.2) is 5.78 Å². The molecule has 0 aliphatic carbocycles. The van der Waals surface area contributed by atoms with Crippen LogP contribution in [0.3, 0.4) is 0 Å². The van der Waals surface area contributed by atoms with Crippen LogP contribution in [-0.2, 0) is 4.79 Å². The quantitative estimate of drug-likeness (QED) is 0.365. The highest BCUT2D eigenvalue weighted by atomic mass is 35.5. The van der Waals surface area contributed by atoms with Crippen LogP contribution < -0.4 is 10.1 Å². The van der Waals surface area contributed by atoms with E-state index in [4.69, 9.17) is 16.3 Å². The van der Waals surface area contributed by atoms with Gasteiger partial charge in [0.05, 0.1) is 6.61 Å². The summed E-state index contributed by atoms with van der Waals surface area (Å²) in [7, 11) is 0. The fraction of sp³-hybridized carbons (Fsp3) is 0.300. The number of carbonyl (C=O) groups excluding carboxylic acids is 2. The molecule has 0 radical (unpaired) electrons. The van der Waals surface area contributed by atoms with E-state index in [0.717, 1.165) is 15.7 Å². The van der Waals surface area contributed by atoms with Crippen molar-refractivity contribution in [2.45, 2.75) is 24.7 Å². The van der Waals surface area contributed by atoms with Crippen molar-refractivity contribution in [1.82, 2.24) is 5.32 Å². The van der Waals surface area contributed by atoms with Gasteiger partial charge in [0, 0.05) is 34.2 Å². The molecular formula is C20H22ClNO3S. The summed E-state index contributed by atoms with van der Waals surface area (Å²) in [5.41, 5.74) is 0.660. The minimum atomic E-state index is 0.0252. The molecule has 4 nitrogen and oxygen atoms in total. The SMILES string of the molecule is CC(=O)c1ccc(OCCCC(=O)NCCSc2ccc(Cl)cc2)cc1. The summed E-state index contributed by atoms with van der Waals surface area (Å²) in [5.74, 6) is 1.57. The molecule has 1 amide bonds.